The first-order valence-corrected chi connectivity index (χ1v) is 7.09. The van der Waals surface area contributed by atoms with E-state index >= 15 is 0 Å². The lowest BCUT2D eigenvalue weighted by molar-refractivity contribution is 0.920. The van der Waals surface area contributed by atoms with Gasteiger partial charge in [0.25, 0.3) is 0 Å². The molecule has 0 amide bonds. The number of aromatic nitrogens is 2. The van der Waals surface area contributed by atoms with Crippen LogP contribution in [0.4, 0.5) is 5.95 Å². The number of aryl methyl sites for hydroxylation is 1. The lowest BCUT2D eigenvalue weighted by atomic mass is 10.1. The molecule has 1 heterocycles. The van der Waals surface area contributed by atoms with Crippen molar-refractivity contribution in [2.24, 2.45) is 0 Å². The Labute approximate surface area is 123 Å². The highest BCUT2D eigenvalue weighted by molar-refractivity contribution is 6.31. The van der Waals surface area contributed by atoms with Crippen LogP contribution in [0.3, 0.4) is 0 Å². The van der Waals surface area contributed by atoms with E-state index in [4.69, 9.17) is 17.3 Å². The molecule has 4 heteroatoms. The van der Waals surface area contributed by atoms with Crippen LogP contribution in [0, 0.1) is 0 Å². The predicted octanol–water partition coefficient (Wildman–Crippen LogP) is 4.21. The number of nitrogen functional groups attached to an aromatic ring is 1. The van der Waals surface area contributed by atoms with Crippen LogP contribution in [-0.2, 0) is 6.42 Å². The summed E-state index contributed by atoms with van der Waals surface area (Å²) in [5, 5.41) is 0.682. The molecule has 0 fully saturated rings. The summed E-state index contributed by atoms with van der Waals surface area (Å²) in [6.45, 7) is 2.18. The zero-order chi connectivity index (χ0) is 14.1. The number of hydrogen-bond acceptors (Lipinski definition) is 2. The summed E-state index contributed by atoms with van der Waals surface area (Å²) in [7, 11) is 0. The highest BCUT2D eigenvalue weighted by atomic mass is 35.5. The molecule has 102 valence electrons. The smallest absolute Gasteiger partial charge is 0.205 e. The molecule has 0 saturated heterocycles. The molecule has 0 bridgehead atoms. The van der Waals surface area contributed by atoms with E-state index < -0.39 is 0 Å². The van der Waals surface area contributed by atoms with Crippen molar-refractivity contribution in [2.45, 2.75) is 19.8 Å². The zero-order valence-corrected chi connectivity index (χ0v) is 12.1. The number of nitrogens with zero attached hydrogens (tertiary/aromatic N) is 2. The Morgan fingerprint density at radius 2 is 1.90 bits per heavy atom. The summed E-state index contributed by atoms with van der Waals surface area (Å²) in [5.74, 6) is 0.477. The largest absolute Gasteiger partial charge is 0.369 e. The molecule has 2 aromatic carbocycles. The maximum Gasteiger partial charge on any atom is 0.205 e. The van der Waals surface area contributed by atoms with Crippen LogP contribution in [-0.4, -0.2) is 9.55 Å². The van der Waals surface area contributed by atoms with Gasteiger partial charge >= 0.3 is 0 Å². The average molecular weight is 286 g/mol. The number of rotatable bonds is 3. The van der Waals surface area contributed by atoms with Gasteiger partial charge in [0, 0.05) is 10.7 Å². The van der Waals surface area contributed by atoms with Crippen LogP contribution in [0.15, 0.2) is 42.5 Å². The van der Waals surface area contributed by atoms with Crippen molar-refractivity contribution in [1.29, 1.82) is 0 Å². The van der Waals surface area contributed by atoms with Gasteiger partial charge in [-0.05, 0) is 42.3 Å². The quantitative estimate of drug-likeness (QED) is 0.783. The monoisotopic (exact) mass is 285 g/mol. The third kappa shape index (κ3) is 2.25. The Bertz CT molecular complexity index is 744. The second-order valence-corrected chi connectivity index (χ2v) is 5.29. The van der Waals surface area contributed by atoms with Crippen molar-refractivity contribution in [2.75, 3.05) is 5.73 Å². The molecule has 0 aliphatic rings. The molecule has 0 atom stereocenters. The fraction of sp³-hybridized carbons (Fsp3) is 0.188. The molecule has 0 saturated carbocycles. The SMILES string of the molecule is CCCc1ccc(-n2c(N)nc3ccc(Cl)cc32)cc1. The van der Waals surface area contributed by atoms with E-state index in [2.05, 4.69) is 36.2 Å². The summed E-state index contributed by atoms with van der Waals surface area (Å²) in [4.78, 5) is 4.37. The van der Waals surface area contributed by atoms with E-state index in [-0.39, 0.29) is 0 Å². The molecular formula is C16H16ClN3. The molecule has 0 aliphatic heterocycles. The highest BCUT2D eigenvalue weighted by Gasteiger charge is 2.10. The van der Waals surface area contributed by atoms with Gasteiger partial charge < -0.3 is 5.73 Å². The minimum Gasteiger partial charge on any atom is -0.369 e. The molecule has 3 nitrogen and oxygen atoms in total. The van der Waals surface area contributed by atoms with Crippen molar-refractivity contribution in [3.05, 3.63) is 53.1 Å². The van der Waals surface area contributed by atoms with Crippen LogP contribution in [0.5, 0.6) is 0 Å². The van der Waals surface area contributed by atoms with Gasteiger partial charge in [-0.3, -0.25) is 4.57 Å². The van der Waals surface area contributed by atoms with Gasteiger partial charge in [0.05, 0.1) is 11.0 Å². The Hall–Kier alpha value is -2.00. The predicted molar refractivity (Wildman–Crippen MR) is 84.5 cm³/mol. The first kappa shape index (κ1) is 13.0. The van der Waals surface area contributed by atoms with Crippen molar-refractivity contribution >= 4 is 28.6 Å². The van der Waals surface area contributed by atoms with Crippen molar-refractivity contribution < 1.29 is 0 Å². The molecule has 3 aromatic rings. The molecule has 0 radical (unpaired) electrons. The van der Waals surface area contributed by atoms with E-state index in [1.165, 1.54) is 5.56 Å². The standard InChI is InChI=1S/C16H16ClN3/c1-2-3-11-4-7-13(8-5-11)20-15-10-12(17)6-9-14(15)19-16(20)18/h4-10H,2-3H2,1H3,(H2,18,19). The van der Waals surface area contributed by atoms with E-state index in [1.54, 1.807) is 0 Å². The van der Waals surface area contributed by atoms with Crippen LogP contribution >= 0.6 is 11.6 Å². The Morgan fingerprint density at radius 3 is 2.60 bits per heavy atom. The Balaban J connectivity index is 2.13. The Kier molecular flexibility index (Phi) is 3.36. The van der Waals surface area contributed by atoms with Gasteiger partial charge in [0.1, 0.15) is 0 Å². The first-order valence-electron chi connectivity index (χ1n) is 6.72. The second-order valence-electron chi connectivity index (χ2n) is 4.85. The van der Waals surface area contributed by atoms with Crippen molar-refractivity contribution in [1.82, 2.24) is 9.55 Å². The van der Waals surface area contributed by atoms with E-state index in [0.717, 1.165) is 29.6 Å². The Morgan fingerprint density at radius 1 is 1.15 bits per heavy atom. The van der Waals surface area contributed by atoms with Gasteiger partial charge in [0.2, 0.25) is 5.95 Å². The summed E-state index contributed by atoms with van der Waals surface area (Å²) in [5.41, 5.74) is 10.2. The van der Waals surface area contributed by atoms with Crippen LogP contribution in [0.25, 0.3) is 16.7 Å². The fourth-order valence-corrected chi connectivity index (χ4v) is 2.61. The lowest BCUT2D eigenvalue weighted by Crippen LogP contribution is -2.00. The van der Waals surface area contributed by atoms with Gasteiger partial charge in [-0.1, -0.05) is 37.1 Å². The number of halogens is 1. The van der Waals surface area contributed by atoms with Crippen molar-refractivity contribution in [3.8, 4) is 5.69 Å². The van der Waals surface area contributed by atoms with Gasteiger partial charge in [-0.2, -0.15) is 0 Å². The molecule has 1 aromatic heterocycles. The normalized spacial score (nSPS) is 11.1. The molecule has 3 rings (SSSR count). The lowest BCUT2D eigenvalue weighted by Gasteiger charge is -2.08. The van der Waals surface area contributed by atoms with Crippen LogP contribution in [0.1, 0.15) is 18.9 Å². The fourth-order valence-electron chi connectivity index (χ4n) is 2.44. The average Bonchev–Trinajstić information content (AvgIpc) is 2.76. The topological polar surface area (TPSA) is 43.8 Å². The van der Waals surface area contributed by atoms with E-state index in [9.17, 15) is 0 Å². The van der Waals surface area contributed by atoms with E-state index in [1.807, 2.05) is 22.8 Å². The number of nitrogens with two attached hydrogens (primary N) is 1. The number of hydrogen-bond donors (Lipinski definition) is 1. The molecule has 0 aliphatic carbocycles. The van der Waals surface area contributed by atoms with Gasteiger partial charge in [-0.25, -0.2) is 4.98 Å². The molecule has 0 spiro atoms. The summed E-state index contributed by atoms with van der Waals surface area (Å²) in [6.07, 6.45) is 2.23. The van der Waals surface area contributed by atoms with Gasteiger partial charge in [-0.15, -0.1) is 0 Å². The third-order valence-corrected chi connectivity index (χ3v) is 3.61. The zero-order valence-electron chi connectivity index (χ0n) is 11.3. The molecule has 20 heavy (non-hydrogen) atoms. The maximum absolute atomic E-state index is 6.07. The van der Waals surface area contributed by atoms with Gasteiger partial charge in [0.15, 0.2) is 0 Å². The number of imidazole rings is 1. The summed E-state index contributed by atoms with van der Waals surface area (Å²) >= 11 is 6.07. The summed E-state index contributed by atoms with van der Waals surface area (Å²) < 4.78 is 1.93. The first-order chi connectivity index (χ1) is 9.69. The van der Waals surface area contributed by atoms with Crippen LogP contribution in [0.2, 0.25) is 5.02 Å². The maximum atomic E-state index is 6.07. The minimum atomic E-state index is 0.477. The third-order valence-electron chi connectivity index (χ3n) is 3.38. The van der Waals surface area contributed by atoms with Crippen LogP contribution < -0.4 is 5.73 Å². The second kappa shape index (κ2) is 5.17. The molecule has 0 unspecified atom stereocenters. The number of anilines is 1. The number of fused-ring (bicyclic) bond motifs is 1. The van der Waals surface area contributed by atoms with E-state index in [0.29, 0.717) is 11.0 Å². The highest BCUT2D eigenvalue weighted by Crippen LogP contribution is 2.25. The minimum absolute atomic E-state index is 0.477. The number of benzene rings is 2. The summed E-state index contributed by atoms with van der Waals surface area (Å²) in [6, 6.07) is 14.0. The molecular weight excluding hydrogens is 270 g/mol. The molecule has 2 N–H and O–H groups in total. The van der Waals surface area contributed by atoms with Crippen molar-refractivity contribution in [3.63, 3.8) is 0 Å².